The van der Waals surface area contributed by atoms with Gasteiger partial charge in [0.1, 0.15) is 0 Å². The Bertz CT molecular complexity index is 231. The maximum atomic E-state index is 10.7. The first-order valence-corrected chi connectivity index (χ1v) is 6.87. The van der Waals surface area contributed by atoms with E-state index in [1.807, 2.05) is 18.8 Å². The van der Waals surface area contributed by atoms with E-state index >= 15 is 0 Å². The lowest BCUT2D eigenvalue weighted by atomic mass is 9.70. The molecule has 2 fully saturated rings. The monoisotopic (exact) mass is 231 g/mol. The van der Waals surface area contributed by atoms with Crippen LogP contribution in [-0.2, 0) is 0 Å². The standard InChI is InChI=1S/C11H21NO2S/c1-12-5-4-11(14,7-12)10(8-13)3-2-6-15-9-10/h13-14H,2-9H2,1H3. The van der Waals surface area contributed by atoms with Gasteiger partial charge in [-0.15, -0.1) is 0 Å². The molecule has 0 radical (unpaired) electrons. The van der Waals surface area contributed by atoms with E-state index in [0.29, 0.717) is 6.54 Å². The van der Waals surface area contributed by atoms with Crippen LogP contribution in [0.15, 0.2) is 0 Å². The number of hydrogen-bond donors (Lipinski definition) is 2. The van der Waals surface area contributed by atoms with Crippen molar-refractivity contribution in [2.75, 3.05) is 38.2 Å². The summed E-state index contributed by atoms with van der Waals surface area (Å²) in [6.45, 7) is 1.79. The average molecular weight is 231 g/mol. The molecule has 2 rings (SSSR count). The van der Waals surface area contributed by atoms with Crippen LogP contribution in [0.5, 0.6) is 0 Å². The van der Waals surface area contributed by atoms with Crippen molar-refractivity contribution >= 4 is 11.8 Å². The van der Waals surface area contributed by atoms with Crippen molar-refractivity contribution in [3.8, 4) is 0 Å². The molecule has 0 bridgehead atoms. The van der Waals surface area contributed by atoms with E-state index in [2.05, 4.69) is 4.90 Å². The summed E-state index contributed by atoms with van der Waals surface area (Å²) in [5.41, 5.74) is -0.912. The van der Waals surface area contributed by atoms with E-state index in [0.717, 1.165) is 31.6 Å². The van der Waals surface area contributed by atoms with Gasteiger partial charge in [0.15, 0.2) is 0 Å². The molecule has 2 aliphatic heterocycles. The molecule has 0 aromatic rings. The van der Waals surface area contributed by atoms with Gasteiger partial charge in [-0.25, -0.2) is 0 Å². The molecule has 4 heteroatoms. The van der Waals surface area contributed by atoms with Crippen molar-refractivity contribution in [3.05, 3.63) is 0 Å². The lowest BCUT2D eigenvalue weighted by molar-refractivity contribution is -0.0934. The van der Waals surface area contributed by atoms with Gasteiger partial charge in [-0.2, -0.15) is 11.8 Å². The number of β-amino-alcohol motifs (C(OH)–C–C–N with tert-alkyl or cyclic N) is 1. The summed E-state index contributed by atoms with van der Waals surface area (Å²) in [4.78, 5) is 2.16. The number of hydrogen-bond acceptors (Lipinski definition) is 4. The Kier molecular flexibility index (Phi) is 3.31. The molecular formula is C11H21NO2S. The molecule has 0 spiro atoms. The Morgan fingerprint density at radius 2 is 2.20 bits per heavy atom. The molecule has 0 aromatic heterocycles. The zero-order chi connectivity index (χ0) is 10.9. The number of nitrogens with zero attached hydrogens (tertiary/aromatic N) is 1. The van der Waals surface area contributed by atoms with E-state index in [4.69, 9.17) is 0 Å². The highest BCUT2D eigenvalue weighted by molar-refractivity contribution is 7.99. The molecule has 15 heavy (non-hydrogen) atoms. The molecule has 2 saturated heterocycles. The van der Waals surface area contributed by atoms with Crippen LogP contribution in [0.3, 0.4) is 0 Å². The minimum Gasteiger partial charge on any atom is -0.396 e. The van der Waals surface area contributed by atoms with Crippen molar-refractivity contribution in [2.24, 2.45) is 5.41 Å². The maximum Gasteiger partial charge on any atom is 0.0871 e. The van der Waals surface area contributed by atoms with Gasteiger partial charge in [0.05, 0.1) is 12.2 Å². The normalized spacial score (nSPS) is 43.4. The summed E-state index contributed by atoms with van der Waals surface area (Å²) < 4.78 is 0. The van der Waals surface area contributed by atoms with Gasteiger partial charge in [0.2, 0.25) is 0 Å². The number of rotatable bonds is 2. The second-order valence-electron chi connectivity index (χ2n) is 5.11. The van der Waals surface area contributed by atoms with Crippen LogP contribution in [0.1, 0.15) is 19.3 Å². The Morgan fingerprint density at radius 1 is 1.40 bits per heavy atom. The van der Waals surface area contributed by atoms with Crippen LogP contribution < -0.4 is 0 Å². The number of likely N-dealkylation sites (N-methyl/N-ethyl adjacent to an activating group) is 1. The first-order valence-electron chi connectivity index (χ1n) is 5.71. The summed E-state index contributed by atoms with van der Waals surface area (Å²) in [5, 5.41) is 20.4. The topological polar surface area (TPSA) is 43.7 Å². The quantitative estimate of drug-likeness (QED) is 0.729. The second kappa shape index (κ2) is 4.24. The molecule has 2 unspecified atom stereocenters. The second-order valence-corrected chi connectivity index (χ2v) is 6.22. The number of thioether (sulfide) groups is 1. The Hall–Kier alpha value is 0.230. The highest BCUT2D eigenvalue weighted by Gasteiger charge is 2.53. The van der Waals surface area contributed by atoms with Gasteiger partial charge in [0.25, 0.3) is 0 Å². The van der Waals surface area contributed by atoms with Gasteiger partial charge in [-0.05, 0) is 32.1 Å². The molecule has 2 N–H and O–H groups in total. The van der Waals surface area contributed by atoms with Crippen LogP contribution in [0, 0.1) is 5.41 Å². The summed E-state index contributed by atoms with van der Waals surface area (Å²) in [6.07, 6.45) is 2.91. The van der Waals surface area contributed by atoms with Crippen molar-refractivity contribution < 1.29 is 10.2 Å². The lowest BCUT2D eigenvalue weighted by Crippen LogP contribution is -2.55. The van der Waals surface area contributed by atoms with E-state index in [1.165, 1.54) is 5.75 Å². The van der Waals surface area contributed by atoms with Crippen molar-refractivity contribution in [3.63, 3.8) is 0 Å². The molecule has 3 nitrogen and oxygen atoms in total. The van der Waals surface area contributed by atoms with Crippen LogP contribution in [0.25, 0.3) is 0 Å². The molecule has 2 aliphatic rings. The number of likely N-dealkylation sites (tertiary alicyclic amines) is 1. The maximum absolute atomic E-state index is 10.7. The van der Waals surface area contributed by atoms with Crippen LogP contribution >= 0.6 is 11.8 Å². The summed E-state index contributed by atoms with van der Waals surface area (Å²) in [7, 11) is 2.04. The SMILES string of the molecule is CN1CCC(O)(C2(CO)CCCSC2)C1. The third kappa shape index (κ3) is 1.93. The third-order valence-corrected chi connectivity index (χ3v) is 5.38. The molecule has 0 saturated carbocycles. The van der Waals surface area contributed by atoms with E-state index in [9.17, 15) is 10.2 Å². The predicted molar refractivity (Wildman–Crippen MR) is 63.1 cm³/mol. The first-order chi connectivity index (χ1) is 7.12. The molecule has 2 heterocycles. The Labute approximate surface area is 95.8 Å². The number of aliphatic hydroxyl groups is 2. The van der Waals surface area contributed by atoms with Crippen molar-refractivity contribution in [1.82, 2.24) is 4.90 Å². The van der Waals surface area contributed by atoms with Gasteiger partial charge >= 0.3 is 0 Å². The zero-order valence-corrected chi connectivity index (χ0v) is 10.2. The zero-order valence-electron chi connectivity index (χ0n) is 9.41. The highest BCUT2D eigenvalue weighted by Crippen LogP contribution is 2.46. The molecule has 88 valence electrons. The van der Waals surface area contributed by atoms with Crippen molar-refractivity contribution in [1.29, 1.82) is 0 Å². The van der Waals surface area contributed by atoms with E-state index in [1.54, 1.807) is 0 Å². The largest absolute Gasteiger partial charge is 0.396 e. The Morgan fingerprint density at radius 3 is 2.67 bits per heavy atom. The lowest BCUT2D eigenvalue weighted by Gasteiger charge is -2.46. The summed E-state index contributed by atoms with van der Waals surface area (Å²) >= 11 is 1.87. The molecule has 0 aliphatic carbocycles. The molecule has 2 atom stereocenters. The minimum atomic E-state index is -0.663. The van der Waals surface area contributed by atoms with Gasteiger partial charge in [-0.3, -0.25) is 0 Å². The van der Waals surface area contributed by atoms with Crippen LogP contribution in [-0.4, -0.2) is 59.0 Å². The molecular weight excluding hydrogens is 210 g/mol. The van der Waals surface area contributed by atoms with Gasteiger partial charge in [0, 0.05) is 24.3 Å². The highest BCUT2D eigenvalue weighted by atomic mass is 32.2. The first kappa shape index (κ1) is 11.7. The molecule has 0 aromatic carbocycles. The van der Waals surface area contributed by atoms with Gasteiger partial charge < -0.3 is 15.1 Å². The third-order valence-electron chi connectivity index (χ3n) is 4.05. The predicted octanol–water partition coefficient (Wildman–Crippen LogP) is 0.559. The molecule has 0 amide bonds. The fraction of sp³-hybridized carbons (Fsp3) is 1.00. The van der Waals surface area contributed by atoms with Gasteiger partial charge in [-0.1, -0.05) is 0 Å². The van der Waals surface area contributed by atoms with E-state index in [-0.39, 0.29) is 12.0 Å². The fourth-order valence-electron chi connectivity index (χ4n) is 2.90. The number of aliphatic hydroxyl groups excluding tert-OH is 1. The van der Waals surface area contributed by atoms with Crippen molar-refractivity contribution in [2.45, 2.75) is 24.9 Å². The van der Waals surface area contributed by atoms with Crippen LogP contribution in [0.2, 0.25) is 0 Å². The summed E-state index contributed by atoms with van der Waals surface area (Å²) in [5.74, 6) is 2.08. The fourth-order valence-corrected chi connectivity index (χ4v) is 4.29. The van der Waals surface area contributed by atoms with E-state index < -0.39 is 5.60 Å². The minimum absolute atomic E-state index is 0.129. The average Bonchev–Trinajstić information content (AvgIpc) is 2.61. The van der Waals surface area contributed by atoms with Crippen LogP contribution in [0.4, 0.5) is 0 Å². The Balaban J connectivity index is 2.17. The summed E-state index contributed by atoms with van der Waals surface area (Å²) in [6, 6.07) is 0. The smallest absolute Gasteiger partial charge is 0.0871 e.